The molecule has 4 heteroatoms. The summed E-state index contributed by atoms with van der Waals surface area (Å²) < 4.78 is 0. The van der Waals surface area contributed by atoms with Gasteiger partial charge in [-0.3, -0.25) is 4.99 Å². The van der Waals surface area contributed by atoms with Gasteiger partial charge in [-0.1, -0.05) is 40.9 Å². The van der Waals surface area contributed by atoms with E-state index in [1.165, 1.54) is 5.57 Å². The molecule has 1 N–H and O–H groups in total. The molecule has 1 rings (SSSR count). The Balaban J connectivity index is 3.01. The zero-order chi connectivity index (χ0) is 15.7. The van der Waals surface area contributed by atoms with Crippen molar-refractivity contribution in [2.45, 2.75) is 20.8 Å². The van der Waals surface area contributed by atoms with Crippen LogP contribution in [0.2, 0.25) is 10.0 Å². The van der Waals surface area contributed by atoms with Gasteiger partial charge in [0.1, 0.15) is 0 Å². The fourth-order valence-corrected chi connectivity index (χ4v) is 2.00. The molecular weight excluding hydrogens is 303 g/mol. The predicted molar refractivity (Wildman–Crippen MR) is 95.2 cm³/mol. The maximum atomic E-state index is 6.23. The second kappa shape index (κ2) is 9.43. The summed E-state index contributed by atoms with van der Waals surface area (Å²) in [5.41, 5.74) is 2.79. The number of benzene rings is 1. The van der Waals surface area contributed by atoms with E-state index in [0.717, 1.165) is 17.8 Å². The summed E-state index contributed by atoms with van der Waals surface area (Å²) in [6.45, 7) is 6.88. The zero-order valence-corrected chi connectivity index (χ0v) is 14.0. The molecule has 0 saturated heterocycles. The zero-order valence-electron chi connectivity index (χ0n) is 12.5. The Labute approximate surface area is 136 Å². The second-order valence-electron chi connectivity index (χ2n) is 4.38. The molecule has 0 aliphatic carbocycles. The number of halogens is 2. The summed E-state index contributed by atoms with van der Waals surface area (Å²) in [5.74, 6) is 0. The van der Waals surface area contributed by atoms with E-state index in [0.29, 0.717) is 10.0 Å². The highest BCUT2D eigenvalue weighted by Gasteiger charge is 2.05. The summed E-state index contributed by atoms with van der Waals surface area (Å²) in [5, 5.41) is 4.34. The number of hydrogen-bond acceptors (Lipinski definition) is 2. The summed E-state index contributed by atoms with van der Waals surface area (Å²) >= 11 is 12.2. The van der Waals surface area contributed by atoms with Crippen molar-refractivity contribution in [3.05, 3.63) is 63.8 Å². The number of nitrogens with zero attached hydrogens (tertiary/aromatic N) is 1. The molecule has 112 valence electrons. The van der Waals surface area contributed by atoms with Crippen LogP contribution < -0.4 is 5.32 Å². The molecule has 0 radical (unpaired) electrons. The SMILES string of the molecule is C/C=C(C)/C=C/C=N\C(=C/NCC)c1ccc(Cl)cc1Cl. The number of hydrogen-bond donors (Lipinski definition) is 1. The largest absolute Gasteiger partial charge is 0.389 e. The fourth-order valence-electron chi connectivity index (χ4n) is 1.49. The van der Waals surface area contributed by atoms with Gasteiger partial charge in [0.2, 0.25) is 0 Å². The van der Waals surface area contributed by atoms with E-state index < -0.39 is 0 Å². The molecular formula is C17H20Cl2N2. The molecule has 0 aromatic heterocycles. The van der Waals surface area contributed by atoms with Crippen LogP contribution in [0, 0.1) is 0 Å². The van der Waals surface area contributed by atoms with Gasteiger partial charge in [0.25, 0.3) is 0 Å². The lowest BCUT2D eigenvalue weighted by Crippen LogP contribution is -2.03. The van der Waals surface area contributed by atoms with Crippen molar-refractivity contribution in [3.8, 4) is 0 Å². The van der Waals surface area contributed by atoms with Crippen LogP contribution in [0.25, 0.3) is 5.70 Å². The first-order valence-corrected chi connectivity index (χ1v) is 7.56. The van der Waals surface area contributed by atoms with Crippen LogP contribution in [0.3, 0.4) is 0 Å². The number of rotatable bonds is 6. The molecule has 0 spiro atoms. The van der Waals surface area contributed by atoms with Crippen molar-refractivity contribution in [1.29, 1.82) is 0 Å². The van der Waals surface area contributed by atoms with Gasteiger partial charge in [0.15, 0.2) is 0 Å². The van der Waals surface area contributed by atoms with E-state index in [-0.39, 0.29) is 0 Å². The first-order valence-electron chi connectivity index (χ1n) is 6.81. The fraction of sp³-hybridized carbons (Fsp3) is 0.235. The van der Waals surface area contributed by atoms with Gasteiger partial charge in [0, 0.05) is 29.5 Å². The highest BCUT2D eigenvalue weighted by Crippen LogP contribution is 2.27. The Bertz CT molecular complexity index is 584. The van der Waals surface area contributed by atoms with Crippen LogP contribution in [-0.2, 0) is 0 Å². The summed E-state index contributed by atoms with van der Waals surface area (Å²) in [6.07, 6.45) is 9.54. The van der Waals surface area contributed by atoms with Crippen molar-refractivity contribution < 1.29 is 0 Å². The average molecular weight is 323 g/mol. The highest BCUT2D eigenvalue weighted by molar-refractivity contribution is 6.35. The monoisotopic (exact) mass is 322 g/mol. The van der Waals surface area contributed by atoms with Gasteiger partial charge < -0.3 is 5.32 Å². The molecule has 0 heterocycles. The average Bonchev–Trinajstić information content (AvgIpc) is 2.47. The van der Waals surface area contributed by atoms with Gasteiger partial charge in [-0.2, -0.15) is 0 Å². The Hall–Kier alpha value is -1.51. The van der Waals surface area contributed by atoms with Crippen LogP contribution in [0.1, 0.15) is 26.3 Å². The van der Waals surface area contributed by atoms with Crippen molar-refractivity contribution in [2.75, 3.05) is 6.54 Å². The standard InChI is InChI=1S/C17H20Cl2N2/c1-4-13(3)7-6-10-21-17(12-20-5-2)15-9-8-14(18)11-16(15)19/h4,6-12,20H,5H2,1-3H3/b7-6+,13-4+,17-12-,21-10-. The molecule has 1 aromatic rings. The third-order valence-electron chi connectivity index (χ3n) is 2.76. The molecule has 0 saturated carbocycles. The smallest absolute Gasteiger partial charge is 0.0873 e. The summed E-state index contributed by atoms with van der Waals surface area (Å²) in [7, 11) is 0. The lowest BCUT2D eigenvalue weighted by molar-refractivity contribution is 0.919. The molecule has 0 fully saturated rings. The predicted octanol–water partition coefficient (Wildman–Crippen LogP) is 5.49. The van der Waals surface area contributed by atoms with Crippen LogP contribution in [0.4, 0.5) is 0 Å². The summed E-state index contributed by atoms with van der Waals surface area (Å²) in [6, 6.07) is 5.39. The van der Waals surface area contributed by atoms with Gasteiger partial charge in [-0.25, -0.2) is 0 Å². The van der Waals surface area contributed by atoms with Crippen LogP contribution in [0.15, 0.2) is 53.2 Å². The molecule has 0 atom stereocenters. The number of nitrogens with one attached hydrogen (secondary N) is 1. The van der Waals surface area contributed by atoms with Crippen molar-refractivity contribution in [2.24, 2.45) is 4.99 Å². The van der Waals surface area contributed by atoms with Crippen molar-refractivity contribution in [3.63, 3.8) is 0 Å². The lowest BCUT2D eigenvalue weighted by atomic mass is 10.1. The molecule has 0 amide bonds. The lowest BCUT2D eigenvalue weighted by Gasteiger charge is -2.06. The summed E-state index contributed by atoms with van der Waals surface area (Å²) in [4.78, 5) is 4.46. The second-order valence-corrected chi connectivity index (χ2v) is 5.23. The highest BCUT2D eigenvalue weighted by atomic mass is 35.5. The van der Waals surface area contributed by atoms with Gasteiger partial charge in [-0.05, 0) is 45.0 Å². The van der Waals surface area contributed by atoms with Gasteiger partial charge in [0.05, 0.1) is 10.7 Å². The molecule has 2 nitrogen and oxygen atoms in total. The number of aliphatic imine (C=N–C) groups is 1. The molecule has 0 aliphatic rings. The van der Waals surface area contributed by atoms with Gasteiger partial charge >= 0.3 is 0 Å². The van der Waals surface area contributed by atoms with Crippen LogP contribution >= 0.6 is 23.2 Å². The molecule has 0 bridgehead atoms. The minimum atomic E-state index is 0.581. The Morgan fingerprint density at radius 1 is 1.33 bits per heavy atom. The first kappa shape index (κ1) is 17.5. The van der Waals surface area contributed by atoms with E-state index in [2.05, 4.69) is 10.3 Å². The van der Waals surface area contributed by atoms with E-state index in [1.807, 2.05) is 51.3 Å². The van der Waals surface area contributed by atoms with Crippen molar-refractivity contribution >= 4 is 35.1 Å². The normalized spacial score (nSPS) is 13.4. The minimum absolute atomic E-state index is 0.581. The van der Waals surface area contributed by atoms with E-state index in [9.17, 15) is 0 Å². The van der Waals surface area contributed by atoms with Gasteiger partial charge in [-0.15, -0.1) is 0 Å². The van der Waals surface area contributed by atoms with Crippen molar-refractivity contribution in [1.82, 2.24) is 5.32 Å². The number of allylic oxidation sites excluding steroid dienone is 4. The molecule has 21 heavy (non-hydrogen) atoms. The quantitative estimate of drug-likeness (QED) is 0.543. The molecule has 0 unspecified atom stereocenters. The van der Waals surface area contributed by atoms with Crippen LogP contribution in [0.5, 0.6) is 0 Å². The third kappa shape index (κ3) is 6.19. The van der Waals surface area contributed by atoms with E-state index in [1.54, 1.807) is 18.3 Å². The molecule has 1 aromatic carbocycles. The Kier molecular flexibility index (Phi) is 7.88. The Morgan fingerprint density at radius 2 is 2.10 bits per heavy atom. The minimum Gasteiger partial charge on any atom is -0.389 e. The third-order valence-corrected chi connectivity index (χ3v) is 3.31. The maximum absolute atomic E-state index is 6.23. The molecule has 0 aliphatic heterocycles. The topological polar surface area (TPSA) is 24.4 Å². The Morgan fingerprint density at radius 3 is 2.71 bits per heavy atom. The van der Waals surface area contributed by atoms with E-state index in [4.69, 9.17) is 23.2 Å². The maximum Gasteiger partial charge on any atom is 0.0873 e. The van der Waals surface area contributed by atoms with E-state index >= 15 is 0 Å². The van der Waals surface area contributed by atoms with Crippen LogP contribution in [-0.4, -0.2) is 12.8 Å². The first-order chi connectivity index (χ1) is 10.1.